The molecule has 2 nitrogen and oxygen atoms in total. The van der Waals surface area contributed by atoms with Crippen molar-refractivity contribution in [2.24, 2.45) is 5.92 Å². The Bertz CT molecular complexity index is 262. The summed E-state index contributed by atoms with van der Waals surface area (Å²) >= 11 is 1.82. The summed E-state index contributed by atoms with van der Waals surface area (Å²) in [5, 5.41) is 4.62. The average Bonchev–Trinajstić information content (AvgIpc) is 2.25. The zero-order valence-corrected chi connectivity index (χ0v) is 10.6. The molecular formula is C12H20N2S. The molecule has 1 unspecified atom stereocenters. The summed E-state index contributed by atoms with van der Waals surface area (Å²) < 4.78 is 0. The van der Waals surface area contributed by atoms with Crippen LogP contribution in [0.15, 0.2) is 29.4 Å². The zero-order valence-electron chi connectivity index (χ0n) is 9.73. The van der Waals surface area contributed by atoms with E-state index < -0.39 is 0 Å². The first-order chi connectivity index (χ1) is 7.24. The smallest absolute Gasteiger partial charge is 0.0960 e. The molecule has 0 aliphatic heterocycles. The first kappa shape index (κ1) is 12.5. The Balaban J connectivity index is 2.40. The van der Waals surface area contributed by atoms with Crippen LogP contribution < -0.4 is 5.32 Å². The fourth-order valence-corrected chi connectivity index (χ4v) is 2.52. The van der Waals surface area contributed by atoms with Gasteiger partial charge in [0.2, 0.25) is 0 Å². The molecule has 0 amide bonds. The minimum atomic E-state index is 0.571. The minimum Gasteiger partial charge on any atom is -0.313 e. The Morgan fingerprint density at radius 3 is 2.73 bits per heavy atom. The molecule has 0 bridgehead atoms. The maximum Gasteiger partial charge on any atom is 0.0960 e. The van der Waals surface area contributed by atoms with Gasteiger partial charge in [-0.25, -0.2) is 4.98 Å². The number of aromatic nitrogens is 1. The molecule has 1 rings (SSSR count). The number of hydrogen-bond donors (Lipinski definition) is 1. The van der Waals surface area contributed by atoms with Gasteiger partial charge in [0.25, 0.3) is 0 Å². The first-order valence-corrected chi connectivity index (χ1v) is 6.49. The predicted octanol–water partition coefficient (Wildman–Crippen LogP) is 2.81. The van der Waals surface area contributed by atoms with Crippen molar-refractivity contribution >= 4 is 11.8 Å². The largest absolute Gasteiger partial charge is 0.313 e. The minimum absolute atomic E-state index is 0.571. The van der Waals surface area contributed by atoms with Gasteiger partial charge in [0.05, 0.1) is 5.03 Å². The zero-order chi connectivity index (χ0) is 11.1. The molecular weight excluding hydrogens is 204 g/mol. The molecule has 0 saturated heterocycles. The van der Waals surface area contributed by atoms with Crippen LogP contribution in [0.2, 0.25) is 0 Å². The fourth-order valence-electron chi connectivity index (χ4n) is 1.36. The molecule has 15 heavy (non-hydrogen) atoms. The number of pyridine rings is 1. The Labute approximate surface area is 96.9 Å². The van der Waals surface area contributed by atoms with E-state index in [4.69, 9.17) is 0 Å². The van der Waals surface area contributed by atoms with E-state index in [1.165, 1.54) is 0 Å². The van der Waals surface area contributed by atoms with Gasteiger partial charge in [-0.1, -0.05) is 26.8 Å². The molecule has 84 valence electrons. The summed E-state index contributed by atoms with van der Waals surface area (Å²) in [5.74, 6) is 1.75. The molecule has 0 aliphatic carbocycles. The van der Waals surface area contributed by atoms with E-state index in [1.807, 2.05) is 30.1 Å². The molecule has 0 fully saturated rings. The van der Waals surface area contributed by atoms with E-state index in [0.29, 0.717) is 12.0 Å². The molecule has 0 radical (unpaired) electrons. The van der Waals surface area contributed by atoms with Crippen LogP contribution in [-0.4, -0.2) is 23.3 Å². The van der Waals surface area contributed by atoms with Crippen molar-refractivity contribution in [1.82, 2.24) is 10.3 Å². The van der Waals surface area contributed by atoms with Crippen molar-refractivity contribution < 1.29 is 0 Å². The van der Waals surface area contributed by atoms with Gasteiger partial charge in [-0.05, 0) is 24.6 Å². The Morgan fingerprint density at radius 2 is 2.20 bits per heavy atom. The van der Waals surface area contributed by atoms with Gasteiger partial charge in [-0.15, -0.1) is 11.8 Å². The van der Waals surface area contributed by atoms with Crippen LogP contribution in [0.1, 0.15) is 20.8 Å². The quantitative estimate of drug-likeness (QED) is 0.752. The highest BCUT2D eigenvalue weighted by atomic mass is 32.2. The highest BCUT2D eigenvalue weighted by Gasteiger charge is 2.12. The molecule has 0 saturated carbocycles. The maximum atomic E-state index is 4.31. The summed E-state index contributed by atoms with van der Waals surface area (Å²) in [6, 6.07) is 6.62. The van der Waals surface area contributed by atoms with E-state index in [0.717, 1.165) is 17.3 Å². The SMILES string of the molecule is CCNC(CSc1ccccn1)C(C)C. The van der Waals surface area contributed by atoms with Crippen molar-refractivity contribution in [2.75, 3.05) is 12.3 Å². The van der Waals surface area contributed by atoms with E-state index in [2.05, 4.69) is 37.1 Å². The summed E-state index contributed by atoms with van der Waals surface area (Å²) in [6.45, 7) is 7.70. The van der Waals surface area contributed by atoms with Crippen LogP contribution in [0.3, 0.4) is 0 Å². The van der Waals surface area contributed by atoms with E-state index >= 15 is 0 Å². The van der Waals surface area contributed by atoms with Gasteiger partial charge >= 0.3 is 0 Å². The normalized spacial score (nSPS) is 13.1. The third-order valence-electron chi connectivity index (χ3n) is 2.32. The monoisotopic (exact) mass is 224 g/mol. The van der Waals surface area contributed by atoms with Crippen molar-refractivity contribution in [3.05, 3.63) is 24.4 Å². The number of thioether (sulfide) groups is 1. The molecule has 1 aromatic rings. The molecule has 3 heteroatoms. The van der Waals surface area contributed by atoms with Crippen LogP contribution in [0.25, 0.3) is 0 Å². The Hall–Kier alpha value is -0.540. The highest BCUT2D eigenvalue weighted by Crippen LogP contribution is 2.17. The van der Waals surface area contributed by atoms with Gasteiger partial charge in [0, 0.05) is 18.0 Å². The lowest BCUT2D eigenvalue weighted by Gasteiger charge is -2.20. The lowest BCUT2D eigenvalue weighted by Crippen LogP contribution is -2.35. The second-order valence-electron chi connectivity index (χ2n) is 3.89. The Kier molecular flexibility index (Phi) is 5.73. The molecule has 1 atom stereocenters. The third-order valence-corrected chi connectivity index (χ3v) is 3.38. The first-order valence-electron chi connectivity index (χ1n) is 5.51. The van der Waals surface area contributed by atoms with Crippen molar-refractivity contribution in [2.45, 2.75) is 31.8 Å². The fraction of sp³-hybridized carbons (Fsp3) is 0.583. The van der Waals surface area contributed by atoms with Crippen LogP contribution in [0.4, 0.5) is 0 Å². The van der Waals surface area contributed by atoms with Crippen LogP contribution in [-0.2, 0) is 0 Å². The third kappa shape index (κ3) is 4.67. The number of hydrogen-bond acceptors (Lipinski definition) is 3. The lowest BCUT2D eigenvalue weighted by molar-refractivity contribution is 0.443. The molecule has 1 aromatic heterocycles. The topological polar surface area (TPSA) is 24.9 Å². The van der Waals surface area contributed by atoms with Crippen molar-refractivity contribution in [1.29, 1.82) is 0 Å². The molecule has 0 spiro atoms. The summed E-state index contributed by atoms with van der Waals surface area (Å²) in [6.07, 6.45) is 1.85. The van der Waals surface area contributed by atoms with Gasteiger partial charge in [0.1, 0.15) is 0 Å². The van der Waals surface area contributed by atoms with Crippen LogP contribution >= 0.6 is 11.8 Å². The molecule has 0 aromatic carbocycles. The van der Waals surface area contributed by atoms with Crippen LogP contribution in [0.5, 0.6) is 0 Å². The maximum absolute atomic E-state index is 4.31. The standard InChI is InChI=1S/C12H20N2S/c1-4-13-11(10(2)3)9-15-12-7-5-6-8-14-12/h5-8,10-11,13H,4,9H2,1-3H3. The Morgan fingerprint density at radius 1 is 1.40 bits per heavy atom. The number of nitrogens with one attached hydrogen (secondary N) is 1. The highest BCUT2D eigenvalue weighted by molar-refractivity contribution is 7.99. The van der Waals surface area contributed by atoms with Gasteiger partial charge in [-0.2, -0.15) is 0 Å². The summed E-state index contributed by atoms with van der Waals surface area (Å²) in [7, 11) is 0. The molecule has 0 aliphatic rings. The average molecular weight is 224 g/mol. The summed E-state index contributed by atoms with van der Waals surface area (Å²) in [4.78, 5) is 4.31. The number of nitrogens with zero attached hydrogens (tertiary/aromatic N) is 1. The van der Waals surface area contributed by atoms with Gasteiger partial charge in [-0.3, -0.25) is 0 Å². The van der Waals surface area contributed by atoms with Crippen LogP contribution in [0, 0.1) is 5.92 Å². The van der Waals surface area contributed by atoms with Gasteiger partial charge < -0.3 is 5.32 Å². The van der Waals surface area contributed by atoms with Crippen molar-refractivity contribution in [3.63, 3.8) is 0 Å². The second kappa shape index (κ2) is 6.85. The molecule has 1 heterocycles. The van der Waals surface area contributed by atoms with E-state index in [-0.39, 0.29) is 0 Å². The lowest BCUT2D eigenvalue weighted by atomic mass is 10.1. The predicted molar refractivity (Wildman–Crippen MR) is 67.3 cm³/mol. The van der Waals surface area contributed by atoms with E-state index in [9.17, 15) is 0 Å². The van der Waals surface area contributed by atoms with E-state index in [1.54, 1.807) is 0 Å². The summed E-state index contributed by atoms with van der Waals surface area (Å²) in [5.41, 5.74) is 0. The van der Waals surface area contributed by atoms with Gasteiger partial charge in [0.15, 0.2) is 0 Å². The van der Waals surface area contributed by atoms with Crippen molar-refractivity contribution in [3.8, 4) is 0 Å². The molecule has 1 N–H and O–H groups in total. The second-order valence-corrected chi connectivity index (χ2v) is 4.93. The number of rotatable bonds is 6.